The third-order valence-corrected chi connectivity index (χ3v) is 5.16. The molecule has 0 fully saturated rings. The van der Waals surface area contributed by atoms with Crippen LogP contribution in [0.4, 0.5) is 0 Å². The first-order chi connectivity index (χ1) is 12.0. The molecule has 0 saturated heterocycles. The van der Waals surface area contributed by atoms with Gasteiger partial charge in [0.05, 0.1) is 10.8 Å². The number of rotatable bonds is 10. The molecule has 7 nitrogen and oxygen atoms in total. The normalized spacial score (nSPS) is 13.0. The average Bonchev–Trinajstić information content (AvgIpc) is 2.56. The van der Waals surface area contributed by atoms with Gasteiger partial charge in [0.25, 0.3) is 5.91 Å². The van der Waals surface area contributed by atoms with Crippen LogP contribution in [0.1, 0.15) is 44.5 Å². The van der Waals surface area contributed by atoms with Crippen molar-refractivity contribution in [2.45, 2.75) is 39.0 Å². The fourth-order valence-corrected chi connectivity index (χ4v) is 3.52. The van der Waals surface area contributed by atoms with E-state index in [1.54, 1.807) is 0 Å². The molecule has 1 aromatic carbocycles. The molecule has 26 heavy (non-hydrogen) atoms. The Kier molecular flexibility index (Phi) is 8.23. The molecular formula is C18H28N2O5S. The number of hydrogen-bond acceptors (Lipinski definition) is 4. The fraction of sp³-hybridized carbons (Fsp3) is 0.556. The SMILES string of the molecule is CC(C)CNS(=O)(=O)c1ccc(C(=O)NCC(CC(C)C)C(=O)O)cc1. The van der Waals surface area contributed by atoms with Crippen LogP contribution in [-0.2, 0) is 14.8 Å². The molecule has 0 aromatic heterocycles. The van der Waals surface area contributed by atoms with Gasteiger partial charge >= 0.3 is 5.97 Å². The minimum absolute atomic E-state index is 0.0301. The zero-order valence-electron chi connectivity index (χ0n) is 15.7. The molecule has 0 spiro atoms. The Morgan fingerprint density at radius 2 is 1.58 bits per heavy atom. The van der Waals surface area contributed by atoms with Crippen LogP contribution in [-0.4, -0.2) is 38.5 Å². The summed E-state index contributed by atoms with van der Waals surface area (Å²) in [5.41, 5.74) is 0.279. The molecular weight excluding hydrogens is 356 g/mol. The highest BCUT2D eigenvalue weighted by molar-refractivity contribution is 7.89. The molecule has 1 amide bonds. The summed E-state index contributed by atoms with van der Waals surface area (Å²) in [6.45, 7) is 8.01. The van der Waals surface area contributed by atoms with E-state index in [1.165, 1.54) is 24.3 Å². The molecule has 1 unspecified atom stereocenters. The monoisotopic (exact) mass is 384 g/mol. The van der Waals surface area contributed by atoms with Crippen LogP contribution in [0.5, 0.6) is 0 Å². The lowest BCUT2D eigenvalue weighted by atomic mass is 9.97. The third-order valence-electron chi connectivity index (χ3n) is 3.72. The van der Waals surface area contributed by atoms with E-state index in [-0.39, 0.29) is 28.8 Å². The van der Waals surface area contributed by atoms with Crippen LogP contribution >= 0.6 is 0 Å². The smallest absolute Gasteiger partial charge is 0.308 e. The lowest BCUT2D eigenvalue weighted by Crippen LogP contribution is -2.33. The predicted octanol–water partition coefficient (Wildman–Crippen LogP) is 2.10. The predicted molar refractivity (Wildman–Crippen MR) is 99.4 cm³/mol. The van der Waals surface area contributed by atoms with Crippen molar-refractivity contribution >= 4 is 21.9 Å². The van der Waals surface area contributed by atoms with Gasteiger partial charge in [0.1, 0.15) is 0 Å². The van der Waals surface area contributed by atoms with E-state index < -0.39 is 27.8 Å². The van der Waals surface area contributed by atoms with E-state index in [9.17, 15) is 23.1 Å². The Labute approximate surface area is 155 Å². The number of amides is 1. The van der Waals surface area contributed by atoms with Gasteiger partial charge in [0.15, 0.2) is 0 Å². The van der Waals surface area contributed by atoms with Gasteiger partial charge in [-0.05, 0) is 42.5 Å². The zero-order valence-corrected chi connectivity index (χ0v) is 16.5. The maximum atomic E-state index is 12.2. The van der Waals surface area contributed by atoms with Gasteiger partial charge in [-0.3, -0.25) is 9.59 Å². The number of hydrogen-bond donors (Lipinski definition) is 3. The van der Waals surface area contributed by atoms with Crippen LogP contribution in [0.25, 0.3) is 0 Å². The third kappa shape index (κ3) is 7.13. The van der Waals surface area contributed by atoms with Crippen molar-refractivity contribution in [1.29, 1.82) is 0 Å². The van der Waals surface area contributed by atoms with Gasteiger partial charge in [-0.15, -0.1) is 0 Å². The summed E-state index contributed by atoms with van der Waals surface area (Å²) in [5.74, 6) is -1.65. The van der Waals surface area contributed by atoms with Gasteiger partial charge in [0.2, 0.25) is 10.0 Å². The number of carboxylic acids is 1. The first-order valence-electron chi connectivity index (χ1n) is 8.63. The van der Waals surface area contributed by atoms with Crippen molar-refractivity contribution in [3.63, 3.8) is 0 Å². The summed E-state index contributed by atoms with van der Waals surface area (Å²) in [5, 5.41) is 11.8. The maximum absolute atomic E-state index is 12.2. The maximum Gasteiger partial charge on any atom is 0.308 e. The number of carbonyl (C=O) groups excluding carboxylic acids is 1. The summed E-state index contributed by atoms with van der Waals surface area (Å²) in [6, 6.07) is 5.55. The van der Waals surface area contributed by atoms with E-state index in [0.29, 0.717) is 13.0 Å². The first kappa shape index (κ1) is 22.1. The van der Waals surface area contributed by atoms with Gasteiger partial charge in [-0.25, -0.2) is 13.1 Å². The summed E-state index contributed by atoms with van der Waals surface area (Å²) in [7, 11) is -3.61. The summed E-state index contributed by atoms with van der Waals surface area (Å²) in [6.07, 6.45) is 0.467. The molecule has 0 saturated carbocycles. The Hall–Kier alpha value is -1.93. The second kappa shape index (κ2) is 9.68. The number of aliphatic carboxylic acids is 1. The summed E-state index contributed by atoms with van der Waals surface area (Å²) >= 11 is 0. The van der Waals surface area contributed by atoms with Gasteiger partial charge in [0, 0.05) is 18.7 Å². The number of sulfonamides is 1. The second-order valence-corrected chi connectivity index (χ2v) is 8.91. The van der Waals surface area contributed by atoms with Gasteiger partial charge in [-0.1, -0.05) is 27.7 Å². The Balaban J connectivity index is 2.73. The lowest BCUT2D eigenvalue weighted by Gasteiger charge is -2.15. The number of nitrogens with one attached hydrogen (secondary N) is 2. The number of carbonyl (C=O) groups is 2. The van der Waals surface area contributed by atoms with Crippen LogP contribution in [0.15, 0.2) is 29.2 Å². The van der Waals surface area contributed by atoms with E-state index in [1.807, 2.05) is 27.7 Å². The number of carboxylic acid groups (broad SMARTS) is 1. The Morgan fingerprint density at radius 1 is 1.00 bits per heavy atom. The minimum atomic E-state index is -3.61. The molecule has 0 heterocycles. The highest BCUT2D eigenvalue weighted by Gasteiger charge is 2.20. The fourth-order valence-electron chi connectivity index (χ4n) is 2.30. The summed E-state index contributed by atoms with van der Waals surface area (Å²) < 4.78 is 26.8. The first-order valence-corrected chi connectivity index (χ1v) is 10.1. The van der Waals surface area contributed by atoms with Gasteiger partial charge in [-0.2, -0.15) is 0 Å². The molecule has 1 atom stereocenters. The van der Waals surface area contributed by atoms with Crippen LogP contribution < -0.4 is 10.0 Å². The molecule has 1 aromatic rings. The van der Waals surface area contributed by atoms with Crippen LogP contribution in [0.3, 0.4) is 0 Å². The van der Waals surface area contributed by atoms with Crippen molar-refractivity contribution in [3.8, 4) is 0 Å². The standard InChI is InChI=1S/C18H28N2O5S/c1-12(2)9-15(18(22)23)11-19-17(21)14-5-7-16(8-6-14)26(24,25)20-10-13(3)4/h5-8,12-13,15,20H,9-11H2,1-4H3,(H,19,21)(H,22,23). The zero-order chi connectivity index (χ0) is 19.9. The highest BCUT2D eigenvalue weighted by atomic mass is 32.2. The Bertz CT molecular complexity index is 712. The van der Waals surface area contributed by atoms with Crippen molar-refractivity contribution in [2.75, 3.05) is 13.1 Å². The van der Waals surface area contributed by atoms with Crippen molar-refractivity contribution in [3.05, 3.63) is 29.8 Å². The summed E-state index contributed by atoms with van der Waals surface area (Å²) in [4.78, 5) is 23.5. The molecule has 0 bridgehead atoms. The van der Waals surface area contributed by atoms with Gasteiger partial charge < -0.3 is 10.4 Å². The Morgan fingerprint density at radius 3 is 2.04 bits per heavy atom. The molecule has 0 aliphatic carbocycles. The van der Waals surface area contributed by atoms with Crippen molar-refractivity contribution in [1.82, 2.24) is 10.0 Å². The molecule has 146 valence electrons. The van der Waals surface area contributed by atoms with E-state index in [2.05, 4.69) is 10.0 Å². The van der Waals surface area contributed by atoms with E-state index in [0.717, 1.165) is 0 Å². The highest BCUT2D eigenvalue weighted by Crippen LogP contribution is 2.13. The lowest BCUT2D eigenvalue weighted by molar-refractivity contribution is -0.142. The average molecular weight is 384 g/mol. The van der Waals surface area contributed by atoms with Crippen LogP contribution in [0.2, 0.25) is 0 Å². The molecule has 0 radical (unpaired) electrons. The molecule has 3 N–H and O–H groups in total. The van der Waals surface area contributed by atoms with Crippen molar-refractivity contribution in [2.24, 2.45) is 17.8 Å². The van der Waals surface area contributed by atoms with E-state index >= 15 is 0 Å². The van der Waals surface area contributed by atoms with Crippen molar-refractivity contribution < 1.29 is 23.1 Å². The molecule has 0 aliphatic heterocycles. The molecule has 0 aliphatic rings. The quantitative estimate of drug-likeness (QED) is 0.572. The molecule has 8 heteroatoms. The number of benzene rings is 1. The van der Waals surface area contributed by atoms with E-state index in [4.69, 9.17) is 0 Å². The topological polar surface area (TPSA) is 113 Å². The van der Waals surface area contributed by atoms with Crippen LogP contribution in [0, 0.1) is 17.8 Å². The minimum Gasteiger partial charge on any atom is -0.481 e. The largest absolute Gasteiger partial charge is 0.481 e. The second-order valence-electron chi connectivity index (χ2n) is 7.14. The molecule has 1 rings (SSSR count).